The van der Waals surface area contributed by atoms with Crippen molar-refractivity contribution in [1.82, 2.24) is 4.98 Å². The van der Waals surface area contributed by atoms with E-state index in [9.17, 15) is 5.11 Å². The Labute approximate surface area is 60.5 Å². The summed E-state index contributed by atoms with van der Waals surface area (Å²) in [5.41, 5.74) is 2.74. The summed E-state index contributed by atoms with van der Waals surface area (Å²) in [5.74, 6) is 0. The van der Waals surface area contributed by atoms with Gasteiger partial charge in [0.25, 0.3) is 0 Å². The van der Waals surface area contributed by atoms with Crippen LogP contribution >= 0.6 is 0 Å². The van der Waals surface area contributed by atoms with Crippen molar-refractivity contribution in [2.45, 2.75) is 20.5 Å². The molecule has 0 saturated heterocycles. The number of nitrogens with zero attached hydrogens (tertiary/aromatic N) is 1. The Hall–Kier alpha value is -0.890. The molecule has 0 aliphatic carbocycles. The molecule has 0 atom stereocenters. The van der Waals surface area contributed by atoms with Gasteiger partial charge in [0.15, 0.2) is 0 Å². The van der Waals surface area contributed by atoms with Gasteiger partial charge in [-0.3, -0.25) is 4.98 Å². The second-order valence-electron chi connectivity index (χ2n) is 2.34. The maximum absolute atomic E-state index is 10.5. The zero-order valence-corrected chi connectivity index (χ0v) is 6.22. The molecule has 0 N–H and O–H groups in total. The van der Waals surface area contributed by atoms with Crippen LogP contribution in [0, 0.1) is 13.8 Å². The van der Waals surface area contributed by atoms with Crippen molar-refractivity contribution in [3.8, 4) is 0 Å². The Morgan fingerprint density at radius 1 is 1.50 bits per heavy atom. The van der Waals surface area contributed by atoms with Crippen molar-refractivity contribution in [2.24, 2.45) is 0 Å². The number of aromatic nitrogens is 1. The van der Waals surface area contributed by atoms with E-state index in [-0.39, 0.29) is 6.61 Å². The number of aryl methyl sites for hydroxylation is 2. The first-order valence-corrected chi connectivity index (χ1v) is 3.25. The summed E-state index contributed by atoms with van der Waals surface area (Å²) in [6.45, 7) is 3.63. The molecule has 0 fully saturated rings. The van der Waals surface area contributed by atoms with Crippen LogP contribution in [0.1, 0.15) is 16.8 Å². The zero-order valence-electron chi connectivity index (χ0n) is 6.22. The Kier molecular flexibility index (Phi) is 2.02. The molecular weight excluding hydrogens is 126 g/mol. The molecule has 0 amide bonds. The van der Waals surface area contributed by atoms with Crippen LogP contribution in [-0.4, -0.2) is 4.98 Å². The van der Waals surface area contributed by atoms with E-state index in [0.29, 0.717) is 0 Å². The average Bonchev–Trinajstić information content (AvgIpc) is 1.88. The number of hydrogen-bond donors (Lipinski definition) is 0. The second-order valence-corrected chi connectivity index (χ2v) is 2.34. The molecule has 0 unspecified atom stereocenters. The third-order valence-electron chi connectivity index (χ3n) is 1.65. The van der Waals surface area contributed by atoms with Crippen molar-refractivity contribution >= 4 is 0 Å². The monoisotopic (exact) mass is 136 g/mol. The Balaban J connectivity index is 3.17. The highest BCUT2D eigenvalue weighted by Gasteiger charge is 2.00. The summed E-state index contributed by atoms with van der Waals surface area (Å²) in [4.78, 5) is 4.01. The summed E-state index contributed by atoms with van der Waals surface area (Å²) < 4.78 is 0. The van der Waals surface area contributed by atoms with Crippen LogP contribution in [0.2, 0.25) is 0 Å². The molecule has 0 bridgehead atoms. The van der Waals surface area contributed by atoms with Crippen LogP contribution < -0.4 is 0 Å². The predicted molar refractivity (Wildman–Crippen MR) is 38.1 cm³/mol. The quantitative estimate of drug-likeness (QED) is 0.577. The van der Waals surface area contributed by atoms with E-state index >= 15 is 0 Å². The van der Waals surface area contributed by atoms with E-state index in [4.69, 9.17) is 0 Å². The van der Waals surface area contributed by atoms with E-state index < -0.39 is 0 Å². The molecule has 1 radical (unpaired) electrons. The largest absolute Gasteiger partial charge is 0.261 e. The molecule has 53 valence electrons. The molecule has 0 saturated carbocycles. The molecule has 2 heteroatoms. The molecule has 10 heavy (non-hydrogen) atoms. The summed E-state index contributed by atoms with van der Waals surface area (Å²) in [6.07, 6.45) is 1.73. The fraction of sp³-hybridized carbons (Fsp3) is 0.375. The molecule has 1 aromatic heterocycles. The Morgan fingerprint density at radius 3 is 2.60 bits per heavy atom. The number of hydrogen-bond acceptors (Lipinski definition) is 1. The first-order valence-electron chi connectivity index (χ1n) is 3.25. The maximum atomic E-state index is 10.5. The standard InChI is InChI=1S/C8H10NO/c1-6-3-4-9-7(2)8(6)5-10/h3-4H,5H2,1-2H3. The predicted octanol–water partition coefficient (Wildman–Crippen LogP) is 1.63. The molecule has 1 rings (SSSR count). The third-order valence-corrected chi connectivity index (χ3v) is 1.65. The summed E-state index contributed by atoms with van der Waals surface area (Å²) in [7, 11) is 0. The van der Waals surface area contributed by atoms with Crippen molar-refractivity contribution in [3.63, 3.8) is 0 Å². The summed E-state index contributed by atoms with van der Waals surface area (Å²) in [6, 6.07) is 1.86. The van der Waals surface area contributed by atoms with Crippen molar-refractivity contribution < 1.29 is 5.11 Å². The van der Waals surface area contributed by atoms with Gasteiger partial charge in [-0.15, -0.1) is 0 Å². The first-order chi connectivity index (χ1) is 4.75. The van der Waals surface area contributed by atoms with Crippen LogP contribution in [0.15, 0.2) is 12.3 Å². The van der Waals surface area contributed by atoms with Gasteiger partial charge in [-0.1, -0.05) is 0 Å². The fourth-order valence-electron chi connectivity index (χ4n) is 0.943. The summed E-state index contributed by atoms with van der Waals surface area (Å²) in [5, 5.41) is 10.5. The number of pyridine rings is 1. The molecule has 0 aliphatic rings. The lowest BCUT2D eigenvalue weighted by molar-refractivity contribution is 0.176. The fourth-order valence-corrected chi connectivity index (χ4v) is 0.943. The lowest BCUT2D eigenvalue weighted by Crippen LogP contribution is -1.93. The molecule has 0 spiro atoms. The zero-order chi connectivity index (χ0) is 7.56. The van der Waals surface area contributed by atoms with Gasteiger partial charge < -0.3 is 0 Å². The molecule has 2 nitrogen and oxygen atoms in total. The van der Waals surface area contributed by atoms with Crippen molar-refractivity contribution in [2.75, 3.05) is 0 Å². The highest BCUT2D eigenvalue weighted by atomic mass is 16.3. The van der Waals surface area contributed by atoms with Gasteiger partial charge in [-0.05, 0) is 25.5 Å². The van der Waals surface area contributed by atoms with Crippen molar-refractivity contribution in [1.29, 1.82) is 0 Å². The van der Waals surface area contributed by atoms with Gasteiger partial charge in [-0.2, -0.15) is 0 Å². The minimum Gasteiger partial charge on any atom is -0.261 e. The third kappa shape index (κ3) is 1.16. The second kappa shape index (κ2) is 2.80. The van der Waals surface area contributed by atoms with Gasteiger partial charge in [0.05, 0.1) is 0 Å². The SMILES string of the molecule is Cc1ccnc(C)c1C[O]. The van der Waals surface area contributed by atoms with Crippen LogP contribution in [0.3, 0.4) is 0 Å². The highest BCUT2D eigenvalue weighted by molar-refractivity contribution is 5.26. The smallest absolute Gasteiger partial charge is 0.109 e. The van der Waals surface area contributed by atoms with E-state index in [1.807, 2.05) is 19.9 Å². The minimum atomic E-state index is -0.161. The minimum absolute atomic E-state index is 0.161. The first kappa shape index (κ1) is 7.22. The maximum Gasteiger partial charge on any atom is 0.109 e. The van der Waals surface area contributed by atoms with E-state index in [1.165, 1.54) is 0 Å². The van der Waals surface area contributed by atoms with Gasteiger partial charge in [0, 0.05) is 17.5 Å². The lowest BCUT2D eigenvalue weighted by atomic mass is 10.1. The highest BCUT2D eigenvalue weighted by Crippen LogP contribution is 2.09. The van der Waals surface area contributed by atoms with Gasteiger partial charge in [0.1, 0.15) is 6.61 Å². The van der Waals surface area contributed by atoms with Gasteiger partial charge in [0.2, 0.25) is 0 Å². The normalized spacial score (nSPS) is 9.90. The molecular formula is C8H10NO. The van der Waals surface area contributed by atoms with Crippen LogP contribution in [0.4, 0.5) is 0 Å². The molecule has 0 aromatic carbocycles. The van der Waals surface area contributed by atoms with Crippen LogP contribution in [0.5, 0.6) is 0 Å². The topological polar surface area (TPSA) is 32.8 Å². The van der Waals surface area contributed by atoms with Gasteiger partial charge >= 0.3 is 0 Å². The van der Waals surface area contributed by atoms with E-state index in [1.54, 1.807) is 6.20 Å². The van der Waals surface area contributed by atoms with Crippen molar-refractivity contribution in [3.05, 3.63) is 29.1 Å². The Bertz CT molecular complexity index is 212. The molecule has 1 heterocycles. The average molecular weight is 136 g/mol. The van der Waals surface area contributed by atoms with E-state index in [2.05, 4.69) is 4.98 Å². The Morgan fingerprint density at radius 2 is 2.20 bits per heavy atom. The number of rotatable bonds is 1. The van der Waals surface area contributed by atoms with E-state index in [0.717, 1.165) is 16.8 Å². The molecule has 0 aliphatic heterocycles. The lowest BCUT2D eigenvalue weighted by Gasteiger charge is -2.02. The van der Waals surface area contributed by atoms with Gasteiger partial charge in [-0.25, -0.2) is 5.11 Å². The van der Waals surface area contributed by atoms with Crippen LogP contribution in [-0.2, 0) is 11.7 Å². The summed E-state index contributed by atoms with van der Waals surface area (Å²) >= 11 is 0. The van der Waals surface area contributed by atoms with Crippen LogP contribution in [0.25, 0.3) is 0 Å². The molecule has 1 aromatic rings.